The summed E-state index contributed by atoms with van der Waals surface area (Å²) in [5.74, 6) is 1.16. The van der Waals surface area contributed by atoms with E-state index in [9.17, 15) is 4.79 Å². The van der Waals surface area contributed by atoms with Crippen LogP contribution in [0.3, 0.4) is 0 Å². The Morgan fingerprint density at radius 3 is 2.69 bits per heavy atom. The summed E-state index contributed by atoms with van der Waals surface area (Å²) in [6.45, 7) is 8.06. The Kier molecular flexibility index (Phi) is 8.70. The number of nitrogens with one attached hydrogen (secondary N) is 2. The third-order valence-corrected chi connectivity index (χ3v) is 4.31. The molecule has 8 nitrogen and oxygen atoms in total. The first-order valence-electron chi connectivity index (χ1n) is 10.2. The number of carbonyl (C=O) groups is 1. The van der Waals surface area contributed by atoms with Gasteiger partial charge in [0, 0.05) is 39.5 Å². The van der Waals surface area contributed by atoms with Gasteiger partial charge in [0.2, 0.25) is 11.8 Å². The number of aromatic nitrogens is 1. The van der Waals surface area contributed by atoms with Crippen molar-refractivity contribution in [1.82, 2.24) is 20.5 Å². The van der Waals surface area contributed by atoms with Gasteiger partial charge < -0.3 is 25.0 Å². The lowest BCUT2D eigenvalue weighted by Crippen LogP contribution is -2.45. The van der Waals surface area contributed by atoms with Gasteiger partial charge in [0.1, 0.15) is 5.60 Å². The maximum absolute atomic E-state index is 11.9. The highest BCUT2D eigenvalue weighted by molar-refractivity contribution is 5.86. The largest absolute Gasteiger partial charge is 0.472 e. The molecule has 0 spiro atoms. The van der Waals surface area contributed by atoms with Crippen LogP contribution in [0.25, 0.3) is 0 Å². The van der Waals surface area contributed by atoms with Crippen molar-refractivity contribution < 1.29 is 14.3 Å². The Bertz CT molecular complexity index is 662. The quantitative estimate of drug-likeness (QED) is 0.533. The van der Waals surface area contributed by atoms with Crippen molar-refractivity contribution in [1.29, 1.82) is 0 Å². The van der Waals surface area contributed by atoms with E-state index < -0.39 is 0 Å². The Labute approximate surface area is 174 Å². The standard InChI is InChI=1S/C21H35N5O3/c1-21(2,3)29-18-10-9-16(12-22-18)13-23-20(25-15-19(27)26(4)5)24-14-17-8-6-7-11-28-17/h9-10,12,17H,6-8,11,13-15H2,1-5H3,(H2,23,24,25). The van der Waals surface area contributed by atoms with E-state index in [2.05, 4.69) is 20.6 Å². The van der Waals surface area contributed by atoms with Crippen molar-refractivity contribution in [2.24, 2.45) is 4.99 Å². The summed E-state index contributed by atoms with van der Waals surface area (Å²) in [6.07, 6.45) is 5.28. The molecule has 1 amide bonds. The average Bonchev–Trinajstić information content (AvgIpc) is 2.67. The molecule has 1 aromatic rings. The van der Waals surface area contributed by atoms with Gasteiger partial charge in [0.15, 0.2) is 5.96 Å². The van der Waals surface area contributed by atoms with Crippen LogP contribution in [0.4, 0.5) is 0 Å². The first-order chi connectivity index (χ1) is 13.7. The highest BCUT2D eigenvalue weighted by Gasteiger charge is 2.15. The normalized spacial score (nSPS) is 17.6. The minimum Gasteiger partial charge on any atom is -0.472 e. The average molecular weight is 406 g/mol. The van der Waals surface area contributed by atoms with E-state index in [0.717, 1.165) is 25.0 Å². The van der Waals surface area contributed by atoms with Gasteiger partial charge in [-0.05, 0) is 45.6 Å². The van der Waals surface area contributed by atoms with Crippen LogP contribution in [0, 0.1) is 0 Å². The van der Waals surface area contributed by atoms with Crippen molar-refractivity contribution in [2.45, 2.75) is 58.3 Å². The number of ether oxygens (including phenoxy) is 2. The Morgan fingerprint density at radius 1 is 1.31 bits per heavy atom. The lowest BCUT2D eigenvalue weighted by Gasteiger charge is -2.24. The summed E-state index contributed by atoms with van der Waals surface area (Å²) in [6, 6.07) is 3.80. The van der Waals surface area contributed by atoms with E-state index in [-0.39, 0.29) is 24.2 Å². The number of rotatable bonds is 7. The van der Waals surface area contributed by atoms with Crippen LogP contribution in [0.5, 0.6) is 5.88 Å². The van der Waals surface area contributed by atoms with Gasteiger partial charge in [-0.15, -0.1) is 0 Å². The van der Waals surface area contributed by atoms with Crippen LogP contribution < -0.4 is 15.4 Å². The van der Waals surface area contributed by atoms with Gasteiger partial charge >= 0.3 is 0 Å². The molecular formula is C21H35N5O3. The van der Waals surface area contributed by atoms with Crippen LogP contribution in [0.1, 0.15) is 45.6 Å². The molecular weight excluding hydrogens is 370 g/mol. The lowest BCUT2D eigenvalue weighted by atomic mass is 10.1. The molecule has 1 aromatic heterocycles. The van der Waals surface area contributed by atoms with Crippen molar-refractivity contribution in [3.8, 4) is 5.88 Å². The molecule has 0 aromatic carbocycles. The summed E-state index contributed by atoms with van der Waals surface area (Å²) >= 11 is 0. The van der Waals surface area contributed by atoms with E-state index in [1.807, 2.05) is 32.9 Å². The van der Waals surface area contributed by atoms with E-state index >= 15 is 0 Å². The van der Waals surface area contributed by atoms with Crippen molar-refractivity contribution in [3.63, 3.8) is 0 Å². The van der Waals surface area contributed by atoms with Gasteiger partial charge in [-0.1, -0.05) is 6.07 Å². The first kappa shape index (κ1) is 22.9. The molecule has 2 N–H and O–H groups in total. The number of hydrogen-bond donors (Lipinski definition) is 2. The molecule has 1 saturated heterocycles. The van der Waals surface area contributed by atoms with Crippen molar-refractivity contribution in [2.75, 3.05) is 33.8 Å². The summed E-state index contributed by atoms with van der Waals surface area (Å²) < 4.78 is 11.5. The second-order valence-electron chi connectivity index (χ2n) is 8.40. The Hall–Kier alpha value is -2.35. The Morgan fingerprint density at radius 2 is 2.10 bits per heavy atom. The molecule has 1 aliphatic heterocycles. The fraction of sp³-hybridized carbons (Fsp3) is 0.667. The summed E-state index contributed by atoms with van der Waals surface area (Å²) in [5, 5.41) is 6.39. The topological polar surface area (TPSA) is 88.1 Å². The second-order valence-corrected chi connectivity index (χ2v) is 8.40. The van der Waals surface area contributed by atoms with E-state index in [0.29, 0.717) is 24.9 Å². The van der Waals surface area contributed by atoms with Crippen molar-refractivity contribution >= 4 is 11.9 Å². The molecule has 0 saturated carbocycles. The number of nitrogens with zero attached hydrogens (tertiary/aromatic N) is 3. The van der Waals surface area contributed by atoms with Crippen LogP contribution in [-0.2, 0) is 16.1 Å². The molecule has 1 atom stereocenters. The van der Waals surface area contributed by atoms with Gasteiger partial charge in [-0.2, -0.15) is 0 Å². The van der Waals surface area contributed by atoms with Gasteiger partial charge in [-0.3, -0.25) is 4.79 Å². The smallest absolute Gasteiger partial charge is 0.241 e. The molecule has 1 fully saturated rings. The van der Waals surface area contributed by atoms with Crippen LogP contribution >= 0.6 is 0 Å². The molecule has 0 bridgehead atoms. The minimum absolute atomic E-state index is 0.0150. The fourth-order valence-electron chi connectivity index (χ4n) is 2.72. The van der Waals surface area contributed by atoms with Gasteiger partial charge in [0.25, 0.3) is 0 Å². The second kappa shape index (κ2) is 11.0. The molecule has 1 aliphatic rings. The number of amides is 1. The highest BCUT2D eigenvalue weighted by atomic mass is 16.5. The monoisotopic (exact) mass is 405 g/mol. The number of pyridine rings is 1. The number of hydrogen-bond acceptors (Lipinski definition) is 5. The Balaban J connectivity index is 1.95. The molecule has 0 radical (unpaired) electrons. The SMILES string of the molecule is CN(C)C(=O)CNC(=NCc1ccc(OC(C)(C)C)nc1)NCC1CCCCO1. The maximum atomic E-state index is 11.9. The zero-order valence-corrected chi connectivity index (χ0v) is 18.3. The number of likely N-dealkylation sites (N-methyl/N-ethyl adjacent to an activating group) is 1. The minimum atomic E-state index is -0.284. The number of aliphatic imine (C=N–C) groups is 1. The molecule has 2 heterocycles. The molecule has 162 valence electrons. The third-order valence-electron chi connectivity index (χ3n) is 4.31. The van der Waals surface area contributed by atoms with E-state index in [1.165, 1.54) is 6.42 Å². The fourth-order valence-corrected chi connectivity index (χ4v) is 2.72. The van der Waals surface area contributed by atoms with Gasteiger partial charge in [-0.25, -0.2) is 9.98 Å². The van der Waals surface area contributed by atoms with Crippen LogP contribution in [-0.4, -0.2) is 67.2 Å². The van der Waals surface area contributed by atoms with Crippen LogP contribution in [0.2, 0.25) is 0 Å². The predicted octanol–water partition coefficient (Wildman–Crippen LogP) is 1.95. The number of guanidine groups is 1. The number of carbonyl (C=O) groups excluding carboxylic acids is 1. The van der Waals surface area contributed by atoms with Crippen LogP contribution in [0.15, 0.2) is 23.3 Å². The zero-order valence-electron chi connectivity index (χ0n) is 18.3. The molecule has 8 heteroatoms. The van der Waals surface area contributed by atoms with E-state index in [4.69, 9.17) is 9.47 Å². The summed E-state index contributed by atoms with van der Waals surface area (Å²) in [5.41, 5.74) is 0.675. The maximum Gasteiger partial charge on any atom is 0.241 e. The van der Waals surface area contributed by atoms with Crippen molar-refractivity contribution in [3.05, 3.63) is 23.9 Å². The van der Waals surface area contributed by atoms with E-state index in [1.54, 1.807) is 25.2 Å². The zero-order chi connectivity index (χ0) is 21.3. The highest BCUT2D eigenvalue weighted by Crippen LogP contribution is 2.15. The van der Waals surface area contributed by atoms with Gasteiger partial charge in [0.05, 0.1) is 19.2 Å². The third kappa shape index (κ3) is 9.13. The summed E-state index contributed by atoms with van der Waals surface area (Å²) in [4.78, 5) is 22.4. The summed E-state index contributed by atoms with van der Waals surface area (Å²) in [7, 11) is 3.47. The molecule has 2 rings (SSSR count). The lowest BCUT2D eigenvalue weighted by molar-refractivity contribution is -0.127. The molecule has 1 unspecified atom stereocenters. The molecule has 29 heavy (non-hydrogen) atoms. The first-order valence-corrected chi connectivity index (χ1v) is 10.2. The predicted molar refractivity (Wildman–Crippen MR) is 114 cm³/mol. The molecule has 0 aliphatic carbocycles.